The van der Waals surface area contributed by atoms with E-state index >= 15 is 0 Å². The number of nitrogens with zero attached hydrogens (tertiary/aromatic N) is 1. The Morgan fingerprint density at radius 3 is 2.52 bits per heavy atom. The fourth-order valence-electron chi connectivity index (χ4n) is 2.73. The normalized spacial score (nSPS) is 16.8. The molecule has 0 spiro atoms. The van der Waals surface area contributed by atoms with E-state index in [1.54, 1.807) is 14.1 Å². The highest BCUT2D eigenvalue weighted by Crippen LogP contribution is 2.24. The number of sulfonamides is 1. The van der Waals surface area contributed by atoms with Crippen LogP contribution in [0.2, 0.25) is 0 Å². The van der Waals surface area contributed by atoms with Crippen LogP contribution < -0.4 is 5.32 Å². The van der Waals surface area contributed by atoms with Crippen LogP contribution in [-0.4, -0.2) is 39.1 Å². The lowest BCUT2D eigenvalue weighted by Crippen LogP contribution is -2.32. The molecule has 1 aliphatic rings. The molecule has 4 nitrogen and oxygen atoms in total. The van der Waals surface area contributed by atoms with Gasteiger partial charge >= 0.3 is 0 Å². The molecule has 0 saturated heterocycles. The summed E-state index contributed by atoms with van der Waals surface area (Å²) in [6, 6.07) is 6.86. The molecule has 5 heteroatoms. The first-order valence-electron chi connectivity index (χ1n) is 7.65. The number of aryl methyl sites for hydroxylation is 2. The number of fused-ring (bicyclic) bond motifs is 1. The van der Waals surface area contributed by atoms with Crippen LogP contribution >= 0.6 is 0 Å². The van der Waals surface area contributed by atoms with Crippen LogP contribution in [0.15, 0.2) is 18.2 Å². The molecule has 0 heterocycles. The van der Waals surface area contributed by atoms with Crippen molar-refractivity contribution >= 4 is 10.0 Å². The average molecular weight is 310 g/mol. The molecular weight excluding hydrogens is 284 g/mol. The smallest absolute Gasteiger partial charge is 0.214 e. The van der Waals surface area contributed by atoms with Gasteiger partial charge in [0.25, 0.3) is 0 Å². The fourth-order valence-corrected chi connectivity index (χ4v) is 3.47. The molecule has 118 valence electrons. The summed E-state index contributed by atoms with van der Waals surface area (Å²) < 4.78 is 24.7. The first-order valence-corrected chi connectivity index (χ1v) is 9.26. The maximum Gasteiger partial charge on any atom is 0.214 e. The highest BCUT2D eigenvalue weighted by molar-refractivity contribution is 7.89. The lowest BCUT2D eigenvalue weighted by molar-refractivity contribution is 0.512. The molecular formula is C16H26N2O2S. The Bertz CT molecular complexity index is 582. The molecule has 0 amide bonds. The van der Waals surface area contributed by atoms with Crippen LogP contribution in [0.5, 0.6) is 0 Å². The van der Waals surface area contributed by atoms with Crippen molar-refractivity contribution in [2.24, 2.45) is 0 Å². The first-order chi connectivity index (χ1) is 9.90. The van der Waals surface area contributed by atoms with E-state index in [0.717, 1.165) is 0 Å². The quantitative estimate of drug-likeness (QED) is 0.875. The van der Waals surface area contributed by atoms with Gasteiger partial charge in [-0.3, -0.25) is 0 Å². The minimum Gasteiger partial charge on any atom is -0.309 e. The minimum atomic E-state index is -3.12. The van der Waals surface area contributed by atoms with Crippen molar-refractivity contribution in [2.75, 3.05) is 26.4 Å². The van der Waals surface area contributed by atoms with Crippen molar-refractivity contribution in [1.82, 2.24) is 9.62 Å². The molecule has 21 heavy (non-hydrogen) atoms. The topological polar surface area (TPSA) is 49.4 Å². The zero-order chi connectivity index (χ0) is 15.5. The van der Waals surface area contributed by atoms with E-state index in [9.17, 15) is 8.42 Å². The molecule has 1 atom stereocenters. The zero-order valence-electron chi connectivity index (χ0n) is 13.2. The van der Waals surface area contributed by atoms with Gasteiger partial charge in [0, 0.05) is 26.7 Å². The Morgan fingerprint density at radius 2 is 1.86 bits per heavy atom. The summed E-state index contributed by atoms with van der Waals surface area (Å²) >= 11 is 0. The molecule has 0 aliphatic heterocycles. The second-order valence-electron chi connectivity index (χ2n) is 6.01. The Labute approximate surface area is 128 Å². The maximum absolute atomic E-state index is 11.7. The predicted octanol–water partition coefficient (Wildman–Crippen LogP) is 2.11. The molecule has 0 fully saturated rings. The molecule has 1 aromatic rings. The van der Waals surface area contributed by atoms with E-state index in [4.69, 9.17) is 0 Å². The Hall–Kier alpha value is -0.910. The number of hydrogen-bond donors (Lipinski definition) is 1. The standard InChI is InChI=1S/C16H26N2O2S/c1-13(17-10-11-21(19,20)18(2)3)15-9-8-14-6-4-5-7-16(14)12-15/h8-9,12-13,17H,4-7,10-11H2,1-3H3. The molecule has 1 aromatic carbocycles. The number of rotatable bonds is 6. The summed E-state index contributed by atoms with van der Waals surface area (Å²) in [6.45, 7) is 2.56. The third-order valence-corrected chi connectivity index (χ3v) is 6.07. The van der Waals surface area contributed by atoms with Crippen LogP contribution in [0.1, 0.15) is 42.5 Å². The summed E-state index contributed by atoms with van der Waals surface area (Å²) in [6.07, 6.45) is 4.94. The summed E-state index contributed by atoms with van der Waals surface area (Å²) in [5, 5.41) is 3.31. The molecule has 1 aliphatic carbocycles. The van der Waals surface area contributed by atoms with Crippen molar-refractivity contribution in [3.8, 4) is 0 Å². The largest absolute Gasteiger partial charge is 0.309 e. The Kier molecular flexibility index (Phi) is 5.41. The molecule has 2 rings (SSSR count). The molecule has 1 unspecified atom stereocenters. The van der Waals surface area contributed by atoms with Crippen LogP contribution in [-0.2, 0) is 22.9 Å². The summed E-state index contributed by atoms with van der Waals surface area (Å²) in [7, 11) is 0.0238. The lowest BCUT2D eigenvalue weighted by Gasteiger charge is -2.20. The fraction of sp³-hybridized carbons (Fsp3) is 0.625. The van der Waals surface area contributed by atoms with E-state index in [1.165, 1.54) is 46.7 Å². The number of benzene rings is 1. The lowest BCUT2D eigenvalue weighted by atomic mass is 9.89. The highest BCUT2D eigenvalue weighted by Gasteiger charge is 2.15. The minimum absolute atomic E-state index is 0.134. The Morgan fingerprint density at radius 1 is 1.19 bits per heavy atom. The van der Waals surface area contributed by atoms with Gasteiger partial charge in [-0.2, -0.15) is 0 Å². The third-order valence-electron chi connectivity index (χ3n) is 4.24. The SMILES string of the molecule is CC(NCCS(=O)(=O)N(C)C)c1ccc2c(c1)CCCC2. The van der Waals surface area contributed by atoms with Crippen LogP contribution in [0, 0.1) is 0 Å². The second-order valence-corrected chi connectivity index (χ2v) is 8.31. The summed E-state index contributed by atoms with van der Waals surface area (Å²) in [5.41, 5.74) is 4.19. The predicted molar refractivity (Wildman–Crippen MR) is 87.0 cm³/mol. The van der Waals surface area contributed by atoms with E-state index in [0.29, 0.717) is 6.54 Å². The Balaban J connectivity index is 1.93. The van der Waals surface area contributed by atoms with Gasteiger partial charge in [0.15, 0.2) is 0 Å². The van der Waals surface area contributed by atoms with E-state index < -0.39 is 10.0 Å². The van der Waals surface area contributed by atoms with Gasteiger partial charge in [0.05, 0.1) is 5.75 Å². The maximum atomic E-state index is 11.7. The molecule has 0 saturated carbocycles. The third kappa shape index (κ3) is 4.28. The molecule has 0 aromatic heterocycles. The van der Waals surface area contributed by atoms with Gasteiger partial charge in [-0.05, 0) is 49.3 Å². The second kappa shape index (κ2) is 6.90. The van der Waals surface area contributed by atoms with Crippen molar-refractivity contribution in [3.05, 3.63) is 34.9 Å². The van der Waals surface area contributed by atoms with Crippen molar-refractivity contribution < 1.29 is 8.42 Å². The van der Waals surface area contributed by atoms with Crippen LogP contribution in [0.4, 0.5) is 0 Å². The average Bonchev–Trinajstić information content (AvgIpc) is 2.46. The van der Waals surface area contributed by atoms with E-state index in [2.05, 4.69) is 30.4 Å². The first kappa shape index (κ1) is 16.5. The number of nitrogens with one attached hydrogen (secondary N) is 1. The van der Waals surface area contributed by atoms with Crippen molar-refractivity contribution in [2.45, 2.75) is 38.6 Å². The molecule has 1 N–H and O–H groups in total. The highest BCUT2D eigenvalue weighted by atomic mass is 32.2. The number of hydrogen-bond acceptors (Lipinski definition) is 3. The van der Waals surface area contributed by atoms with E-state index in [-0.39, 0.29) is 11.8 Å². The monoisotopic (exact) mass is 310 g/mol. The summed E-state index contributed by atoms with van der Waals surface area (Å²) in [4.78, 5) is 0. The summed E-state index contributed by atoms with van der Waals surface area (Å²) in [5.74, 6) is 0.134. The van der Waals surface area contributed by atoms with Gasteiger partial charge in [0.1, 0.15) is 0 Å². The molecule has 0 bridgehead atoms. The van der Waals surface area contributed by atoms with Gasteiger partial charge < -0.3 is 5.32 Å². The van der Waals surface area contributed by atoms with Gasteiger partial charge in [-0.1, -0.05) is 18.2 Å². The van der Waals surface area contributed by atoms with Crippen molar-refractivity contribution in [1.29, 1.82) is 0 Å². The molecule has 0 radical (unpaired) electrons. The van der Waals surface area contributed by atoms with Crippen LogP contribution in [0.25, 0.3) is 0 Å². The van der Waals surface area contributed by atoms with Gasteiger partial charge in [-0.15, -0.1) is 0 Å². The van der Waals surface area contributed by atoms with E-state index in [1.807, 2.05) is 0 Å². The van der Waals surface area contributed by atoms with Gasteiger partial charge in [-0.25, -0.2) is 12.7 Å². The van der Waals surface area contributed by atoms with Crippen LogP contribution in [0.3, 0.4) is 0 Å². The van der Waals surface area contributed by atoms with Gasteiger partial charge in [0.2, 0.25) is 10.0 Å². The zero-order valence-corrected chi connectivity index (χ0v) is 14.0. The van der Waals surface area contributed by atoms with Crippen molar-refractivity contribution in [3.63, 3.8) is 0 Å².